The molecule has 0 aliphatic heterocycles. The number of aromatic nitrogens is 1. The van der Waals surface area contributed by atoms with E-state index in [4.69, 9.17) is 14.4 Å². The molecule has 0 radical (unpaired) electrons. The molecule has 2 rings (SSSR count). The number of carbonyl (C=O) groups is 2. The molecule has 2 N–H and O–H groups in total. The molecule has 32 heavy (non-hydrogen) atoms. The van der Waals surface area contributed by atoms with Gasteiger partial charge in [-0.2, -0.15) is 0 Å². The first kappa shape index (κ1) is 24.8. The molecule has 0 saturated carbocycles. The van der Waals surface area contributed by atoms with E-state index in [1.165, 1.54) is 13.1 Å². The van der Waals surface area contributed by atoms with Gasteiger partial charge in [-0.15, -0.1) is 13.2 Å². The Morgan fingerprint density at radius 3 is 2.66 bits per heavy atom. The standard InChI is InChI=1S/C18H16F3N2O8P/c1-9-16(25)13(7-24)11(6-22-9)8-29-15-5-12(30-18(19,20)21)3-4-14(15)31-32(28)23-10(2)17(26)27/h3-7,10,25H,8H2,1-2H3,(H,26,27). The van der Waals surface area contributed by atoms with Gasteiger partial charge >= 0.3 is 20.5 Å². The van der Waals surface area contributed by atoms with Crippen molar-refractivity contribution in [3.8, 4) is 23.0 Å². The van der Waals surface area contributed by atoms with Gasteiger partial charge in [0.05, 0.1) is 11.3 Å². The van der Waals surface area contributed by atoms with Crippen molar-refractivity contribution in [1.29, 1.82) is 0 Å². The second-order valence-electron chi connectivity index (χ2n) is 6.15. The summed E-state index contributed by atoms with van der Waals surface area (Å²) in [7, 11) is -2.92. The fourth-order valence-electron chi connectivity index (χ4n) is 2.23. The van der Waals surface area contributed by atoms with Crippen LogP contribution in [0.15, 0.2) is 29.1 Å². The van der Waals surface area contributed by atoms with Crippen LogP contribution < -0.4 is 18.9 Å². The summed E-state index contributed by atoms with van der Waals surface area (Å²) in [5.41, 5.74) is 0.135. The molecule has 0 aliphatic rings. The molecule has 14 heteroatoms. The van der Waals surface area contributed by atoms with E-state index >= 15 is 0 Å². The maximum atomic E-state index is 12.5. The first-order chi connectivity index (χ1) is 14.9. The van der Waals surface area contributed by atoms with Crippen LogP contribution in [0, 0.1) is 6.92 Å². The lowest BCUT2D eigenvalue weighted by Crippen LogP contribution is -2.17. The van der Waals surface area contributed by atoms with E-state index in [2.05, 4.69) is 14.5 Å². The van der Waals surface area contributed by atoms with Gasteiger partial charge in [-0.25, -0.2) is 4.79 Å². The normalized spacial score (nSPS) is 12.8. The van der Waals surface area contributed by atoms with Crippen LogP contribution in [0.25, 0.3) is 0 Å². The monoisotopic (exact) mass is 476 g/mol. The highest BCUT2D eigenvalue weighted by Gasteiger charge is 2.31. The van der Waals surface area contributed by atoms with E-state index in [-0.39, 0.29) is 28.3 Å². The zero-order valence-electron chi connectivity index (χ0n) is 16.5. The summed E-state index contributed by atoms with van der Waals surface area (Å²) in [6.45, 7) is 2.16. The highest BCUT2D eigenvalue weighted by Crippen LogP contribution is 2.38. The maximum Gasteiger partial charge on any atom is 0.573 e. The lowest BCUT2D eigenvalue weighted by atomic mass is 10.1. The number of halogens is 3. The fraction of sp³-hybridized carbons (Fsp3) is 0.278. The molecule has 0 saturated heterocycles. The number of aliphatic carboxylic acids is 1. The third-order valence-corrected chi connectivity index (χ3v) is 4.70. The number of carboxylic acids is 1. The first-order valence-corrected chi connectivity index (χ1v) is 9.78. The number of aromatic hydroxyl groups is 1. The molecule has 2 unspecified atom stereocenters. The molecule has 2 atom stereocenters. The number of pyridine rings is 1. The summed E-state index contributed by atoms with van der Waals surface area (Å²) in [5, 5.41) is 18.7. The van der Waals surface area contributed by atoms with Crippen LogP contribution in [-0.4, -0.2) is 39.9 Å². The molecule has 1 aromatic heterocycles. The molecule has 0 amide bonds. The van der Waals surface area contributed by atoms with Crippen molar-refractivity contribution in [3.63, 3.8) is 0 Å². The third-order valence-electron chi connectivity index (χ3n) is 3.81. The quantitative estimate of drug-likeness (QED) is 0.411. The minimum atomic E-state index is -5.01. The Kier molecular flexibility index (Phi) is 7.95. The summed E-state index contributed by atoms with van der Waals surface area (Å²) in [6.07, 6.45) is -3.43. The summed E-state index contributed by atoms with van der Waals surface area (Å²) < 4.78 is 55.3. The van der Waals surface area contributed by atoms with Crippen LogP contribution in [0.5, 0.6) is 23.0 Å². The number of rotatable bonds is 9. The highest BCUT2D eigenvalue weighted by atomic mass is 31.1. The average Bonchev–Trinajstić information content (AvgIpc) is 2.69. The van der Waals surface area contributed by atoms with Crippen LogP contribution in [0.3, 0.4) is 0 Å². The van der Waals surface area contributed by atoms with Gasteiger partial charge in [0, 0.05) is 17.8 Å². The van der Waals surface area contributed by atoms with Crippen molar-refractivity contribution >= 4 is 20.4 Å². The Morgan fingerprint density at radius 1 is 1.38 bits per heavy atom. The van der Waals surface area contributed by atoms with Crippen molar-refractivity contribution in [3.05, 3.63) is 41.2 Å². The number of ether oxygens (including phenoxy) is 2. The van der Waals surface area contributed by atoms with Crippen molar-refractivity contribution < 1.29 is 51.9 Å². The summed E-state index contributed by atoms with van der Waals surface area (Å²) >= 11 is 0. The summed E-state index contributed by atoms with van der Waals surface area (Å²) in [6, 6.07) is 1.23. The lowest BCUT2D eigenvalue weighted by molar-refractivity contribution is -0.274. The largest absolute Gasteiger partial charge is 0.575 e. The SMILES string of the molecule is Cc1ncc(COc2cc(OC(F)(F)F)ccc2O[P+]([O-])=NC(C)C(=O)O)c(C=O)c1O. The van der Waals surface area contributed by atoms with E-state index in [0.717, 1.165) is 25.1 Å². The van der Waals surface area contributed by atoms with Gasteiger partial charge < -0.3 is 24.6 Å². The Labute approximate surface area is 179 Å². The highest BCUT2D eigenvalue weighted by molar-refractivity contribution is 7.34. The van der Waals surface area contributed by atoms with E-state index in [1.807, 2.05) is 0 Å². The number of benzene rings is 1. The van der Waals surface area contributed by atoms with E-state index in [0.29, 0.717) is 6.29 Å². The minimum absolute atomic E-state index is 0.102. The molecular formula is C18H16F3N2O8P. The molecular weight excluding hydrogens is 460 g/mol. The molecule has 10 nitrogen and oxygen atoms in total. The van der Waals surface area contributed by atoms with Gasteiger partial charge in [0.2, 0.25) is 5.75 Å². The molecule has 0 bridgehead atoms. The molecule has 1 heterocycles. The second kappa shape index (κ2) is 10.2. The molecule has 172 valence electrons. The minimum Gasteiger partial charge on any atom is -0.575 e. The smallest absolute Gasteiger partial charge is 0.573 e. The average molecular weight is 476 g/mol. The first-order valence-electron chi connectivity index (χ1n) is 8.65. The number of alkyl halides is 3. The maximum absolute atomic E-state index is 12.5. The molecule has 2 aromatic rings. The van der Waals surface area contributed by atoms with Crippen molar-refractivity contribution in [2.24, 2.45) is 4.74 Å². The van der Waals surface area contributed by atoms with Crippen LogP contribution in [-0.2, 0) is 11.4 Å². The molecule has 1 aromatic carbocycles. The van der Waals surface area contributed by atoms with E-state index in [9.17, 15) is 32.8 Å². The molecule has 0 fully saturated rings. The summed E-state index contributed by atoms with van der Waals surface area (Å²) in [5.74, 6) is -3.16. The number of aryl methyl sites for hydroxylation is 1. The Morgan fingerprint density at radius 2 is 2.06 bits per heavy atom. The number of nitrogens with zero attached hydrogens (tertiary/aromatic N) is 2. The number of aldehydes is 1. The second-order valence-corrected chi connectivity index (χ2v) is 7.04. The molecule has 0 spiro atoms. The van der Waals surface area contributed by atoms with Gasteiger partial charge in [-0.3, -0.25) is 14.3 Å². The topological polar surface area (TPSA) is 151 Å². The van der Waals surface area contributed by atoms with Gasteiger partial charge in [0.1, 0.15) is 18.1 Å². The Bertz CT molecular complexity index is 1050. The fourth-order valence-corrected chi connectivity index (χ4v) is 2.97. The zero-order chi connectivity index (χ0) is 24.1. The predicted octanol–water partition coefficient (Wildman–Crippen LogP) is 3.09. The molecule has 0 aliphatic carbocycles. The van der Waals surface area contributed by atoms with Gasteiger partial charge in [-0.05, 0) is 26.0 Å². The number of hydrogen-bond donors (Lipinski definition) is 2. The van der Waals surface area contributed by atoms with Gasteiger partial charge in [0.15, 0.2) is 18.1 Å². The van der Waals surface area contributed by atoms with Crippen LogP contribution in [0.4, 0.5) is 13.2 Å². The number of carboxylic acid groups (broad SMARTS) is 1. The predicted molar refractivity (Wildman–Crippen MR) is 101 cm³/mol. The van der Waals surface area contributed by atoms with Crippen LogP contribution in [0.1, 0.15) is 28.5 Å². The van der Waals surface area contributed by atoms with E-state index < -0.39 is 44.6 Å². The van der Waals surface area contributed by atoms with Crippen molar-refractivity contribution in [2.75, 3.05) is 0 Å². The Balaban J connectivity index is 2.37. The number of hydrogen-bond acceptors (Lipinski definition) is 9. The van der Waals surface area contributed by atoms with Gasteiger partial charge in [-0.1, -0.05) is 4.74 Å². The third kappa shape index (κ3) is 6.79. The summed E-state index contributed by atoms with van der Waals surface area (Å²) in [4.78, 5) is 38.0. The van der Waals surface area contributed by atoms with E-state index in [1.54, 1.807) is 0 Å². The van der Waals surface area contributed by atoms with Crippen molar-refractivity contribution in [1.82, 2.24) is 4.98 Å². The van der Waals surface area contributed by atoms with Crippen molar-refractivity contribution in [2.45, 2.75) is 32.9 Å². The zero-order valence-corrected chi connectivity index (χ0v) is 17.4. The lowest BCUT2D eigenvalue weighted by Gasteiger charge is -2.14. The van der Waals surface area contributed by atoms with Crippen LogP contribution in [0.2, 0.25) is 0 Å². The van der Waals surface area contributed by atoms with Crippen LogP contribution >= 0.6 is 8.17 Å². The number of carbonyl (C=O) groups excluding carboxylic acids is 1. The Hall–Kier alpha value is -3.44. The van der Waals surface area contributed by atoms with Gasteiger partial charge in [0.25, 0.3) is 0 Å².